The zero-order valence-corrected chi connectivity index (χ0v) is 8.82. The fourth-order valence-electron chi connectivity index (χ4n) is 1.33. The van der Waals surface area contributed by atoms with Gasteiger partial charge in [-0.1, -0.05) is 12.1 Å². The Kier molecular flexibility index (Phi) is 2.59. The van der Waals surface area contributed by atoms with Gasteiger partial charge in [0.05, 0.1) is 11.4 Å². The standard InChI is InChI=1S/C11H12N4O/c1-7-6-10(15-14-7)11(16)13-9-5-3-2-4-8(9)12/h2-6H,12H2,1H3,(H,13,16)(H,14,15). The number of nitrogens with zero attached hydrogens (tertiary/aromatic N) is 1. The van der Waals surface area contributed by atoms with E-state index < -0.39 is 0 Å². The molecular weight excluding hydrogens is 204 g/mol. The van der Waals surface area contributed by atoms with Crippen LogP contribution >= 0.6 is 0 Å². The molecule has 0 aliphatic carbocycles. The van der Waals surface area contributed by atoms with Crippen molar-refractivity contribution in [3.05, 3.63) is 41.7 Å². The SMILES string of the molecule is Cc1cc(C(=O)Nc2ccccc2N)n[nH]1. The molecule has 82 valence electrons. The van der Waals surface area contributed by atoms with Gasteiger partial charge in [-0.25, -0.2) is 0 Å². The van der Waals surface area contributed by atoms with Crippen LogP contribution in [0.25, 0.3) is 0 Å². The number of anilines is 2. The van der Waals surface area contributed by atoms with Gasteiger partial charge >= 0.3 is 0 Å². The van der Waals surface area contributed by atoms with E-state index in [9.17, 15) is 4.79 Å². The molecule has 0 saturated carbocycles. The van der Waals surface area contributed by atoms with Crippen molar-refractivity contribution in [3.8, 4) is 0 Å². The van der Waals surface area contributed by atoms with Gasteiger partial charge in [-0.15, -0.1) is 0 Å². The molecule has 16 heavy (non-hydrogen) atoms. The van der Waals surface area contributed by atoms with Crippen LogP contribution in [0.2, 0.25) is 0 Å². The number of carbonyl (C=O) groups is 1. The number of hydrogen-bond donors (Lipinski definition) is 3. The molecule has 2 rings (SSSR count). The number of hydrogen-bond acceptors (Lipinski definition) is 3. The Balaban J connectivity index is 2.17. The highest BCUT2D eigenvalue weighted by Gasteiger charge is 2.10. The molecule has 1 aromatic heterocycles. The minimum atomic E-state index is -0.276. The monoisotopic (exact) mass is 216 g/mol. The van der Waals surface area contributed by atoms with Gasteiger partial charge in [0, 0.05) is 5.69 Å². The van der Waals surface area contributed by atoms with Crippen LogP contribution in [-0.4, -0.2) is 16.1 Å². The van der Waals surface area contributed by atoms with Gasteiger partial charge in [-0.05, 0) is 25.1 Å². The molecule has 0 spiro atoms. The number of carbonyl (C=O) groups excluding carboxylic acids is 1. The minimum absolute atomic E-state index is 0.276. The Bertz CT molecular complexity index is 518. The summed E-state index contributed by atoms with van der Waals surface area (Å²) in [6, 6.07) is 8.76. The summed E-state index contributed by atoms with van der Waals surface area (Å²) < 4.78 is 0. The number of amides is 1. The van der Waals surface area contributed by atoms with Crippen LogP contribution in [0.4, 0.5) is 11.4 Å². The molecule has 1 heterocycles. The predicted molar refractivity (Wildman–Crippen MR) is 62.1 cm³/mol. The quantitative estimate of drug-likeness (QED) is 0.666. The Morgan fingerprint density at radius 2 is 2.19 bits per heavy atom. The van der Waals surface area contributed by atoms with Crippen LogP contribution < -0.4 is 11.1 Å². The molecule has 0 fully saturated rings. The first kappa shape index (κ1) is 10.2. The van der Waals surface area contributed by atoms with Crippen LogP contribution in [-0.2, 0) is 0 Å². The second-order valence-electron chi connectivity index (χ2n) is 3.48. The van der Waals surface area contributed by atoms with Crippen molar-refractivity contribution in [3.63, 3.8) is 0 Å². The van der Waals surface area contributed by atoms with Crippen molar-refractivity contribution < 1.29 is 4.79 Å². The van der Waals surface area contributed by atoms with Crippen LogP contribution in [0, 0.1) is 6.92 Å². The predicted octanol–water partition coefficient (Wildman–Crippen LogP) is 1.55. The van der Waals surface area contributed by atoms with Crippen LogP contribution in [0.15, 0.2) is 30.3 Å². The van der Waals surface area contributed by atoms with Crippen molar-refractivity contribution in [1.29, 1.82) is 0 Å². The summed E-state index contributed by atoms with van der Waals surface area (Å²) in [4.78, 5) is 11.7. The van der Waals surface area contributed by atoms with E-state index in [4.69, 9.17) is 5.73 Å². The average molecular weight is 216 g/mol. The fourth-order valence-corrected chi connectivity index (χ4v) is 1.33. The molecule has 0 bridgehead atoms. The van der Waals surface area contributed by atoms with E-state index in [-0.39, 0.29) is 5.91 Å². The number of para-hydroxylation sites is 2. The third-order valence-electron chi connectivity index (χ3n) is 2.15. The van der Waals surface area contributed by atoms with Gasteiger partial charge in [0.1, 0.15) is 0 Å². The van der Waals surface area contributed by atoms with Crippen LogP contribution in [0.1, 0.15) is 16.2 Å². The van der Waals surface area contributed by atoms with Gasteiger partial charge < -0.3 is 11.1 Å². The summed E-state index contributed by atoms with van der Waals surface area (Å²) >= 11 is 0. The highest BCUT2D eigenvalue weighted by molar-refractivity contribution is 6.04. The van der Waals surface area contributed by atoms with Crippen molar-refractivity contribution in [1.82, 2.24) is 10.2 Å². The second kappa shape index (κ2) is 4.06. The molecule has 0 unspecified atom stereocenters. The molecule has 0 atom stereocenters. The zero-order chi connectivity index (χ0) is 11.5. The van der Waals surface area contributed by atoms with E-state index in [1.165, 1.54) is 0 Å². The summed E-state index contributed by atoms with van der Waals surface area (Å²) in [5.41, 5.74) is 8.02. The molecular formula is C11H12N4O. The van der Waals surface area contributed by atoms with Crippen molar-refractivity contribution in [2.24, 2.45) is 0 Å². The number of benzene rings is 1. The lowest BCUT2D eigenvalue weighted by molar-refractivity contribution is 0.102. The highest BCUT2D eigenvalue weighted by Crippen LogP contribution is 2.17. The number of H-pyrrole nitrogens is 1. The number of aromatic nitrogens is 2. The summed E-state index contributed by atoms with van der Waals surface area (Å²) in [5, 5.41) is 9.26. The van der Waals surface area contributed by atoms with Gasteiger partial charge in [-0.2, -0.15) is 5.10 Å². The number of nitrogens with one attached hydrogen (secondary N) is 2. The summed E-state index contributed by atoms with van der Waals surface area (Å²) in [6.07, 6.45) is 0. The van der Waals surface area contributed by atoms with E-state index in [0.717, 1.165) is 5.69 Å². The van der Waals surface area contributed by atoms with E-state index in [2.05, 4.69) is 15.5 Å². The summed E-state index contributed by atoms with van der Waals surface area (Å²) in [7, 11) is 0. The molecule has 5 nitrogen and oxygen atoms in total. The normalized spacial score (nSPS) is 10.1. The van der Waals surface area contributed by atoms with Crippen molar-refractivity contribution >= 4 is 17.3 Å². The number of aromatic amines is 1. The smallest absolute Gasteiger partial charge is 0.276 e. The fraction of sp³-hybridized carbons (Fsp3) is 0.0909. The van der Waals surface area contributed by atoms with E-state index in [1.807, 2.05) is 19.1 Å². The third-order valence-corrected chi connectivity index (χ3v) is 2.15. The first-order valence-corrected chi connectivity index (χ1v) is 4.84. The largest absolute Gasteiger partial charge is 0.397 e. The molecule has 0 aliphatic rings. The molecule has 4 N–H and O–H groups in total. The Labute approximate surface area is 92.7 Å². The first-order chi connectivity index (χ1) is 7.66. The lowest BCUT2D eigenvalue weighted by Gasteiger charge is -2.05. The maximum atomic E-state index is 11.7. The highest BCUT2D eigenvalue weighted by atomic mass is 16.1. The maximum Gasteiger partial charge on any atom is 0.276 e. The Morgan fingerprint density at radius 1 is 1.44 bits per heavy atom. The molecule has 1 amide bonds. The molecule has 5 heteroatoms. The van der Waals surface area contributed by atoms with E-state index in [1.54, 1.807) is 18.2 Å². The lowest BCUT2D eigenvalue weighted by Crippen LogP contribution is -2.13. The first-order valence-electron chi connectivity index (χ1n) is 4.84. The number of aryl methyl sites for hydroxylation is 1. The van der Waals surface area contributed by atoms with E-state index in [0.29, 0.717) is 17.1 Å². The molecule has 0 saturated heterocycles. The van der Waals surface area contributed by atoms with Crippen molar-refractivity contribution in [2.45, 2.75) is 6.92 Å². The van der Waals surface area contributed by atoms with Crippen LogP contribution in [0.5, 0.6) is 0 Å². The number of nitrogens with two attached hydrogens (primary N) is 1. The zero-order valence-electron chi connectivity index (χ0n) is 8.82. The molecule has 1 aromatic carbocycles. The Hall–Kier alpha value is -2.30. The molecule has 0 radical (unpaired) electrons. The maximum absolute atomic E-state index is 11.7. The van der Waals surface area contributed by atoms with Gasteiger partial charge in [0.15, 0.2) is 5.69 Å². The molecule has 0 aliphatic heterocycles. The van der Waals surface area contributed by atoms with Gasteiger partial charge in [-0.3, -0.25) is 9.89 Å². The molecule has 2 aromatic rings. The second-order valence-corrected chi connectivity index (χ2v) is 3.48. The Morgan fingerprint density at radius 3 is 2.81 bits per heavy atom. The summed E-state index contributed by atoms with van der Waals surface area (Å²) in [6.45, 7) is 1.83. The summed E-state index contributed by atoms with van der Waals surface area (Å²) in [5.74, 6) is -0.276. The minimum Gasteiger partial charge on any atom is -0.397 e. The van der Waals surface area contributed by atoms with Crippen molar-refractivity contribution in [2.75, 3.05) is 11.1 Å². The number of rotatable bonds is 2. The van der Waals surface area contributed by atoms with E-state index >= 15 is 0 Å². The van der Waals surface area contributed by atoms with Crippen LogP contribution in [0.3, 0.4) is 0 Å². The topological polar surface area (TPSA) is 83.8 Å². The van der Waals surface area contributed by atoms with Gasteiger partial charge in [0.25, 0.3) is 5.91 Å². The third kappa shape index (κ3) is 2.03. The number of nitrogen functional groups attached to an aromatic ring is 1. The average Bonchev–Trinajstić information content (AvgIpc) is 2.68. The van der Waals surface area contributed by atoms with Gasteiger partial charge in [0.2, 0.25) is 0 Å². The lowest BCUT2D eigenvalue weighted by atomic mass is 10.2.